The van der Waals surface area contributed by atoms with E-state index in [-0.39, 0.29) is 11.8 Å². The number of benzene rings is 3. The summed E-state index contributed by atoms with van der Waals surface area (Å²) in [5.41, 5.74) is 4.03. The molecular weight excluding hydrogens is 362 g/mol. The summed E-state index contributed by atoms with van der Waals surface area (Å²) >= 11 is 0. The van der Waals surface area contributed by atoms with Crippen molar-refractivity contribution in [2.24, 2.45) is 0 Å². The first-order valence-electron chi connectivity index (χ1n) is 9.32. The van der Waals surface area contributed by atoms with Crippen LogP contribution in [-0.2, 0) is 0 Å². The maximum Gasteiger partial charge on any atom is 0.258 e. The molecule has 2 amide bonds. The Morgan fingerprint density at radius 2 is 1.62 bits per heavy atom. The second-order valence-electron chi connectivity index (χ2n) is 6.61. The molecule has 0 spiro atoms. The topological polar surface area (TPSA) is 73.2 Å². The smallest absolute Gasteiger partial charge is 0.258 e. The van der Waals surface area contributed by atoms with Crippen molar-refractivity contribution >= 4 is 23.2 Å². The summed E-state index contributed by atoms with van der Waals surface area (Å²) < 4.78 is 0. The SMILES string of the molecule is CCN(C(=O)c1ccc(C(=O)Nc2ccc(C#N)cc2)cc1)c1cccc(C)c1. The zero-order chi connectivity index (χ0) is 20.8. The number of carbonyl (C=O) groups is 2. The average Bonchev–Trinajstić information content (AvgIpc) is 2.75. The minimum absolute atomic E-state index is 0.114. The van der Waals surface area contributed by atoms with Gasteiger partial charge in [-0.3, -0.25) is 9.59 Å². The number of hydrogen-bond acceptors (Lipinski definition) is 3. The molecule has 0 aliphatic carbocycles. The van der Waals surface area contributed by atoms with Gasteiger partial charge in [-0.2, -0.15) is 5.26 Å². The number of hydrogen-bond donors (Lipinski definition) is 1. The van der Waals surface area contributed by atoms with E-state index in [1.165, 1.54) is 0 Å². The molecule has 3 aromatic carbocycles. The Balaban J connectivity index is 1.73. The lowest BCUT2D eigenvalue weighted by atomic mass is 10.1. The second-order valence-corrected chi connectivity index (χ2v) is 6.61. The van der Waals surface area contributed by atoms with E-state index in [1.54, 1.807) is 53.4 Å². The van der Waals surface area contributed by atoms with Crippen LogP contribution in [0.1, 0.15) is 38.8 Å². The fourth-order valence-electron chi connectivity index (χ4n) is 2.99. The maximum absolute atomic E-state index is 12.9. The third-order valence-corrected chi connectivity index (χ3v) is 4.54. The summed E-state index contributed by atoms with van der Waals surface area (Å²) in [6, 6.07) is 23.1. The molecule has 0 atom stereocenters. The van der Waals surface area contributed by atoms with Gasteiger partial charge >= 0.3 is 0 Å². The predicted octanol–water partition coefficient (Wildman–Crippen LogP) is 4.79. The quantitative estimate of drug-likeness (QED) is 0.689. The zero-order valence-electron chi connectivity index (χ0n) is 16.3. The van der Waals surface area contributed by atoms with Gasteiger partial charge in [0, 0.05) is 29.0 Å². The van der Waals surface area contributed by atoms with Gasteiger partial charge in [0.05, 0.1) is 11.6 Å². The van der Waals surface area contributed by atoms with Crippen LogP contribution in [0, 0.1) is 18.3 Å². The molecule has 0 radical (unpaired) electrons. The number of aryl methyl sites for hydroxylation is 1. The molecule has 0 aliphatic rings. The van der Waals surface area contributed by atoms with E-state index in [0.717, 1.165) is 11.3 Å². The monoisotopic (exact) mass is 383 g/mol. The van der Waals surface area contributed by atoms with Crippen LogP contribution in [0.4, 0.5) is 11.4 Å². The number of nitrogens with one attached hydrogen (secondary N) is 1. The van der Waals surface area contributed by atoms with Gasteiger partial charge in [-0.15, -0.1) is 0 Å². The van der Waals surface area contributed by atoms with Crippen molar-refractivity contribution in [3.05, 3.63) is 95.1 Å². The van der Waals surface area contributed by atoms with Crippen LogP contribution in [0.15, 0.2) is 72.8 Å². The molecule has 5 heteroatoms. The van der Waals surface area contributed by atoms with Crippen LogP contribution >= 0.6 is 0 Å². The molecular formula is C24H21N3O2. The number of rotatable bonds is 5. The Kier molecular flexibility index (Phi) is 6.06. The molecule has 29 heavy (non-hydrogen) atoms. The second kappa shape index (κ2) is 8.85. The van der Waals surface area contributed by atoms with Crippen molar-refractivity contribution in [3.8, 4) is 6.07 Å². The van der Waals surface area contributed by atoms with Crippen molar-refractivity contribution in [3.63, 3.8) is 0 Å². The Bertz CT molecular complexity index is 1060. The highest BCUT2D eigenvalue weighted by Crippen LogP contribution is 2.19. The Morgan fingerprint density at radius 3 is 2.21 bits per heavy atom. The van der Waals surface area contributed by atoms with Gasteiger partial charge in [-0.05, 0) is 80.1 Å². The van der Waals surface area contributed by atoms with Gasteiger partial charge in [0.2, 0.25) is 0 Å². The standard InChI is InChI=1S/C24H21N3O2/c1-3-27(22-6-4-5-17(2)15-22)24(29)20-11-9-19(10-12-20)23(28)26-21-13-7-18(16-25)8-14-21/h4-15H,3H2,1-2H3,(H,26,28). The lowest BCUT2D eigenvalue weighted by Crippen LogP contribution is -2.30. The molecule has 0 unspecified atom stereocenters. The van der Waals surface area contributed by atoms with Gasteiger partial charge in [-0.25, -0.2) is 0 Å². The summed E-state index contributed by atoms with van der Waals surface area (Å²) in [6.45, 7) is 4.46. The highest BCUT2D eigenvalue weighted by molar-refractivity contribution is 6.08. The van der Waals surface area contributed by atoms with Crippen LogP contribution in [0.5, 0.6) is 0 Å². The highest BCUT2D eigenvalue weighted by Gasteiger charge is 2.17. The van der Waals surface area contributed by atoms with Crippen LogP contribution in [0.25, 0.3) is 0 Å². The number of amides is 2. The van der Waals surface area contributed by atoms with E-state index < -0.39 is 0 Å². The molecule has 0 fully saturated rings. The Morgan fingerprint density at radius 1 is 0.966 bits per heavy atom. The summed E-state index contributed by atoms with van der Waals surface area (Å²) in [5, 5.41) is 11.6. The molecule has 1 N–H and O–H groups in total. The van der Waals surface area contributed by atoms with Crippen molar-refractivity contribution in [2.75, 3.05) is 16.8 Å². The maximum atomic E-state index is 12.9. The van der Waals surface area contributed by atoms with Crippen molar-refractivity contribution in [1.29, 1.82) is 5.26 Å². The normalized spacial score (nSPS) is 10.1. The number of anilines is 2. The van der Waals surface area contributed by atoms with Crippen LogP contribution < -0.4 is 10.2 Å². The molecule has 0 heterocycles. The minimum atomic E-state index is -0.278. The highest BCUT2D eigenvalue weighted by atomic mass is 16.2. The summed E-state index contributed by atoms with van der Waals surface area (Å²) in [5.74, 6) is -0.392. The lowest BCUT2D eigenvalue weighted by Gasteiger charge is -2.21. The number of carbonyl (C=O) groups excluding carboxylic acids is 2. The molecule has 0 aliphatic heterocycles. The van der Waals surface area contributed by atoms with Gasteiger partial charge in [0.1, 0.15) is 0 Å². The third kappa shape index (κ3) is 4.69. The number of nitrogens with zero attached hydrogens (tertiary/aromatic N) is 2. The summed E-state index contributed by atoms with van der Waals surface area (Å²) in [6.07, 6.45) is 0. The Labute approximate surface area is 170 Å². The minimum Gasteiger partial charge on any atom is -0.322 e. The van der Waals surface area contributed by atoms with Crippen LogP contribution in [0.2, 0.25) is 0 Å². The molecule has 144 valence electrons. The van der Waals surface area contributed by atoms with Crippen molar-refractivity contribution in [1.82, 2.24) is 0 Å². The fourth-order valence-corrected chi connectivity index (χ4v) is 2.99. The fraction of sp³-hybridized carbons (Fsp3) is 0.125. The van der Waals surface area contributed by atoms with E-state index in [0.29, 0.717) is 28.9 Å². The summed E-state index contributed by atoms with van der Waals surface area (Å²) in [4.78, 5) is 27.1. The van der Waals surface area contributed by atoms with Gasteiger partial charge in [0.15, 0.2) is 0 Å². The van der Waals surface area contributed by atoms with Crippen molar-refractivity contribution < 1.29 is 9.59 Å². The van der Waals surface area contributed by atoms with Crippen molar-refractivity contribution in [2.45, 2.75) is 13.8 Å². The van der Waals surface area contributed by atoms with Gasteiger partial charge < -0.3 is 10.2 Å². The van der Waals surface area contributed by atoms with E-state index >= 15 is 0 Å². The first kappa shape index (κ1) is 19.8. The number of nitriles is 1. The van der Waals surface area contributed by atoms with E-state index in [4.69, 9.17) is 5.26 Å². The summed E-state index contributed by atoms with van der Waals surface area (Å²) in [7, 11) is 0. The largest absolute Gasteiger partial charge is 0.322 e. The Hall–Kier alpha value is -3.91. The molecule has 0 saturated carbocycles. The molecule has 3 rings (SSSR count). The third-order valence-electron chi connectivity index (χ3n) is 4.54. The van der Waals surface area contributed by atoms with Gasteiger partial charge in [-0.1, -0.05) is 12.1 Å². The molecule has 0 bridgehead atoms. The first-order valence-corrected chi connectivity index (χ1v) is 9.32. The van der Waals surface area contributed by atoms with E-state index in [2.05, 4.69) is 5.32 Å². The predicted molar refractivity (Wildman–Crippen MR) is 114 cm³/mol. The first-order chi connectivity index (χ1) is 14.0. The zero-order valence-corrected chi connectivity index (χ0v) is 16.3. The molecule has 3 aromatic rings. The van der Waals surface area contributed by atoms with Crippen LogP contribution in [0.3, 0.4) is 0 Å². The average molecular weight is 383 g/mol. The molecule has 0 saturated heterocycles. The lowest BCUT2D eigenvalue weighted by molar-refractivity contribution is 0.0985. The molecule has 5 nitrogen and oxygen atoms in total. The van der Waals surface area contributed by atoms with Gasteiger partial charge in [0.25, 0.3) is 11.8 Å². The van der Waals surface area contributed by atoms with Crippen LogP contribution in [-0.4, -0.2) is 18.4 Å². The van der Waals surface area contributed by atoms with E-state index in [9.17, 15) is 9.59 Å². The molecule has 0 aromatic heterocycles. The van der Waals surface area contributed by atoms with E-state index in [1.807, 2.05) is 44.2 Å².